The Morgan fingerprint density at radius 1 is 1.55 bits per heavy atom. The van der Waals surface area contributed by atoms with Crippen molar-refractivity contribution in [3.8, 4) is 0 Å². The van der Waals surface area contributed by atoms with Crippen molar-refractivity contribution < 1.29 is 0 Å². The molecule has 2 N–H and O–H groups in total. The monoisotopic (exact) mass is 260 g/mol. The first kappa shape index (κ1) is 7.34. The predicted octanol–water partition coefficient (Wildman–Crippen LogP) is 2.15. The SMILES string of the molecule is Nc1cc(I)c(C2CC2)cn1. The number of rotatable bonds is 1. The zero-order valence-corrected chi connectivity index (χ0v) is 8.21. The zero-order valence-electron chi connectivity index (χ0n) is 6.05. The minimum Gasteiger partial charge on any atom is -0.384 e. The standard InChI is InChI=1S/C8H9IN2/c9-7-3-8(10)11-4-6(7)5-1-2-5/h3-5H,1-2H2,(H2,10,11). The van der Waals surface area contributed by atoms with Gasteiger partial charge in [0.15, 0.2) is 0 Å². The third kappa shape index (κ3) is 1.47. The summed E-state index contributed by atoms with van der Waals surface area (Å²) in [6.07, 6.45) is 4.55. The van der Waals surface area contributed by atoms with Crippen LogP contribution in [0.1, 0.15) is 24.3 Å². The predicted molar refractivity (Wildman–Crippen MR) is 53.3 cm³/mol. The van der Waals surface area contributed by atoms with E-state index < -0.39 is 0 Å². The normalized spacial score (nSPS) is 16.8. The highest BCUT2D eigenvalue weighted by molar-refractivity contribution is 14.1. The molecule has 2 rings (SSSR count). The zero-order chi connectivity index (χ0) is 7.84. The van der Waals surface area contributed by atoms with Crippen molar-refractivity contribution in [3.05, 3.63) is 21.4 Å². The smallest absolute Gasteiger partial charge is 0.124 e. The van der Waals surface area contributed by atoms with Gasteiger partial charge in [0, 0.05) is 9.77 Å². The lowest BCUT2D eigenvalue weighted by atomic mass is 10.2. The summed E-state index contributed by atoms with van der Waals surface area (Å²) in [5.74, 6) is 1.40. The number of nitrogen functional groups attached to an aromatic ring is 1. The molecule has 3 heteroatoms. The first-order chi connectivity index (χ1) is 5.27. The maximum absolute atomic E-state index is 5.53. The van der Waals surface area contributed by atoms with E-state index in [-0.39, 0.29) is 0 Å². The fraction of sp³-hybridized carbons (Fsp3) is 0.375. The fourth-order valence-corrected chi connectivity index (χ4v) is 2.05. The average Bonchev–Trinajstić information content (AvgIpc) is 2.70. The number of nitrogens with zero attached hydrogens (tertiary/aromatic N) is 1. The quantitative estimate of drug-likeness (QED) is 0.786. The van der Waals surface area contributed by atoms with E-state index in [2.05, 4.69) is 27.6 Å². The number of pyridine rings is 1. The topological polar surface area (TPSA) is 38.9 Å². The van der Waals surface area contributed by atoms with Crippen LogP contribution in [0.15, 0.2) is 12.3 Å². The Morgan fingerprint density at radius 2 is 2.27 bits per heavy atom. The van der Waals surface area contributed by atoms with Gasteiger partial charge in [0.2, 0.25) is 0 Å². The van der Waals surface area contributed by atoms with Crippen molar-refractivity contribution in [3.63, 3.8) is 0 Å². The molecule has 1 aliphatic carbocycles. The number of nitrogens with two attached hydrogens (primary N) is 1. The summed E-state index contributed by atoms with van der Waals surface area (Å²) in [6, 6.07) is 1.94. The highest BCUT2D eigenvalue weighted by Crippen LogP contribution is 2.41. The molecule has 0 saturated heterocycles. The maximum atomic E-state index is 5.53. The first-order valence-corrected chi connectivity index (χ1v) is 4.76. The molecule has 0 aromatic carbocycles. The van der Waals surface area contributed by atoms with E-state index in [0.717, 1.165) is 5.92 Å². The molecule has 1 saturated carbocycles. The molecule has 1 heterocycles. The Labute approximate surface area is 79.3 Å². The van der Waals surface area contributed by atoms with E-state index >= 15 is 0 Å². The lowest BCUT2D eigenvalue weighted by Crippen LogP contribution is -1.93. The van der Waals surface area contributed by atoms with Crippen molar-refractivity contribution in [2.75, 3.05) is 5.73 Å². The molecule has 2 nitrogen and oxygen atoms in total. The molecule has 1 aromatic rings. The second-order valence-corrected chi connectivity index (χ2v) is 4.07. The van der Waals surface area contributed by atoms with Crippen molar-refractivity contribution in [1.29, 1.82) is 0 Å². The van der Waals surface area contributed by atoms with Gasteiger partial charge < -0.3 is 5.73 Å². The molecule has 0 atom stereocenters. The van der Waals surface area contributed by atoms with Crippen molar-refractivity contribution in [1.82, 2.24) is 4.98 Å². The Morgan fingerprint density at radius 3 is 2.82 bits per heavy atom. The summed E-state index contributed by atoms with van der Waals surface area (Å²) in [5, 5.41) is 0. The summed E-state index contributed by atoms with van der Waals surface area (Å²) < 4.78 is 1.26. The van der Waals surface area contributed by atoms with Crippen molar-refractivity contribution in [2.24, 2.45) is 0 Å². The summed E-state index contributed by atoms with van der Waals surface area (Å²) in [4.78, 5) is 4.07. The number of hydrogen-bond acceptors (Lipinski definition) is 2. The minimum absolute atomic E-state index is 0.624. The maximum Gasteiger partial charge on any atom is 0.124 e. The highest BCUT2D eigenvalue weighted by Gasteiger charge is 2.25. The lowest BCUT2D eigenvalue weighted by molar-refractivity contribution is 1.08. The van der Waals surface area contributed by atoms with Crippen LogP contribution in [0, 0.1) is 3.57 Å². The fourth-order valence-electron chi connectivity index (χ4n) is 1.15. The Bertz CT molecular complexity index is 281. The summed E-state index contributed by atoms with van der Waals surface area (Å²) in [7, 11) is 0. The molecular formula is C8H9IN2. The van der Waals surface area contributed by atoms with Gasteiger partial charge in [-0.2, -0.15) is 0 Å². The van der Waals surface area contributed by atoms with E-state index in [0.29, 0.717) is 5.82 Å². The van der Waals surface area contributed by atoms with E-state index in [1.807, 2.05) is 12.3 Å². The van der Waals surface area contributed by atoms with Crippen molar-refractivity contribution in [2.45, 2.75) is 18.8 Å². The van der Waals surface area contributed by atoms with Crippen LogP contribution in [-0.2, 0) is 0 Å². The van der Waals surface area contributed by atoms with E-state index in [1.165, 1.54) is 22.0 Å². The van der Waals surface area contributed by atoms with Gasteiger partial charge in [0.05, 0.1) is 0 Å². The van der Waals surface area contributed by atoms with Crippen LogP contribution in [0.25, 0.3) is 0 Å². The molecule has 0 spiro atoms. The first-order valence-electron chi connectivity index (χ1n) is 3.68. The second-order valence-electron chi connectivity index (χ2n) is 2.90. The Kier molecular flexibility index (Phi) is 1.75. The molecule has 0 amide bonds. The second kappa shape index (κ2) is 2.62. The van der Waals surface area contributed by atoms with E-state index in [4.69, 9.17) is 5.73 Å². The molecule has 1 aliphatic rings. The number of anilines is 1. The molecule has 0 unspecified atom stereocenters. The van der Waals surface area contributed by atoms with Gasteiger partial charge in [0.25, 0.3) is 0 Å². The number of hydrogen-bond donors (Lipinski definition) is 1. The van der Waals surface area contributed by atoms with Gasteiger partial charge in [-0.1, -0.05) is 0 Å². The molecule has 1 fully saturated rings. The summed E-state index contributed by atoms with van der Waals surface area (Å²) >= 11 is 2.32. The summed E-state index contributed by atoms with van der Waals surface area (Å²) in [5.41, 5.74) is 6.91. The van der Waals surface area contributed by atoms with Crippen LogP contribution < -0.4 is 5.73 Å². The van der Waals surface area contributed by atoms with Crippen molar-refractivity contribution >= 4 is 28.4 Å². The largest absolute Gasteiger partial charge is 0.384 e. The molecule has 11 heavy (non-hydrogen) atoms. The summed E-state index contributed by atoms with van der Waals surface area (Å²) in [6.45, 7) is 0. The van der Waals surface area contributed by atoms with Crippen LogP contribution in [0.2, 0.25) is 0 Å². The van der Waals surface area contributed by atoms with Crippen LogP contribution >= 0.6 is 22.6 Å². The molecular weight excluding hydrogens is 251 g/mol. The molecule has 0 bridgehead atoms. The molecule has 1 aromatic heterocycles. The number of aromatic nitrogens is 1. The van der Waals surface area contributed by atoms with Gasteiger partial charge in [-0.25, -0.2) is 4.98 Å². The van der Waals surface area contributed by atoms with Crippen LogP contribution in [0.4, 0.5) is 5.82 Å². The minimum atomic E-state index is 0.624. The number of halogens is 1. The molecule has 0 aliphatic heterocycles. The van der Waals surface area contributed by atoms with Gasteiger partial charge >= 0.3 is 0 Å². The lowest BCUT2D eigenvalue weighted by Gasteiger charge is -2.01. The third-order valence-corrected chi connectivity index (χ3v) is 2.85. The molecule has 58 valence electrons. The van der Waals surface area contributed by atoms with Crippen LogP contribution in [0.5, 0.6) is 0 Å². The Balaban J connectivity index is 2.39. The average molecular weight is 260 g/mol. The van der Waals surface area contributed by atoms with E-state index in [9.17, 15) is 0 Å². The van der Waals surface area contributed by atoms with Gasteiger partial charge in [-0.15, -0.1) is 0 Å². The van der Waals surface area contributed by atoms with Gasteiger partial charge in [-0.05, 0) is 53.0 Å². The van der Waals surface area contributed by atoms with Gasteiger partial charge in [0.1, 0.15) is 5.82 Å². The van der Waals surface area contributed by atoms with Crippen LogP contribution in [-0.4, -0.2) is 4.98 Å². The van der Waals surface area contributed by atoms with E-state index in [1.54, 1.807) is 0 Å². The van der Waals surface area contributed by atoms with Gasteiger partial charge in [-0.3, -0.25) is 0 Å². The Hall–Kier alpha value is -0.320. The highest BCUT2D eigenvalue weighted by atomic mass is 127. The van der Waals surface area contributed by atoms with Crippen LogP contribution in [0.3, 0.4) is 0 Å². The third-order valence-electron chi connectivity index (χ3n) is 1.92. The molecule has 0 radical (unpaired) electrons.